The van der Waals surface area contributed by atoms with Crippen molar-refractivity contribution in [1.29, 1.82) is 0 Å². The van der Waals surface area contributed by atoms with Crippen molar-refractivity contribution in [1.82, 2.24) is 9.88 Å². The number of carbonyl (C=O) groups is 1. The Morgan fingerprint density at radius 3 is 2.95 bits per heavy atom. The number of ketones is 1. The molecule has 1 aromatic heterocycles. The van der Waals surface area contributed by atoms with E-state index in [1.807, 2.05) is 0 Å². The Bertz CT molecular complexity index is 1100. The number of unbranched alkanes of at least 4 members (excludes halogenated alkanes) is 1. The summed E-state index contributed by atoms with van der Waals surface area (Å²) >= 11 is 0. The molecule has 0 unspecified atom stereocenters. The van der Waals surface area contributed by atoms with Crippen molar-refractivity contribution in [3.05, 3.63) is 58.5 Å². The van der Waals surface area contributed by atoms with Crippen LogP contribution in [0.4, 0.5) is 10.2 Å². The Morgan fingerprint density at radius 2 is 2.14 bits per heavy atom. The van der Waals surface area contributed by atoms with E-state index < -0.39 is 6.04 Å². The molecule has 37 heavy (non-hydrogen) atoms. The van der Waals surface area contributed by atoms with Crippen molar-refractivity contribution >= 4 is 11.6 Å². The first-order valence-corrected chi connectivity index (χ1v) is 13.9. The molecule has 1 aromatic carbocycles. The van der Waals surface area contributed by atoms with Crippen LogP contribution in [0.3, 0.4) is 0 Å². The maximum atomic E-state index is 14.3. The van der Waals surface area contributed by atoms with Crippen LogP contribution in [-0.2, 0) is 33.7 Å². The monoisotopic (exact) mass is 509 g/mol. The first-order chi connectivity index (χ1) is 17.9. The van der Waals surface area contributed by atoms with Gasteiger partial charge >= 0.3 is 0 Å². The minimum Gasteiger partial charge on any atom is -0.377 e. The highest BCUT2D eigenvalue weighted by atomic mass is 19.1. The average molecular weight is 510 g/mol. The smallest absolute Gasteiger partial charge is 0.151 e. The van der Waals surface area contributed by atoms with Gasteiger partial charge in [0.2, 0.25) is 0 Å². The van der Waals surface area contributed by atoms with Gasteiger partial charge in [-0.05, 0) is 100 Å². The summed E-state index contributed by atoms with van der Waals surface area (Å²) in [6.07, 6.45) is 8.30. The highest BCUT2D eigenvalue weighted by molar-refractivity contribution is 5.83. The Balaban J connectivity index is 1.11. The number of benzene rings is 1. The van der Waals surface area contributed by atoms with E-state index in [1.54, 1.807) is 13.0 Å². The molecule has 1 N–H and O–H groups in total. The second-order valence-electron chi connectivity index (χ2n) is 11.2. The van der Waals surface area contributed by atoms with Crippen LogP contribution >= 0.6 is 0 Å². The number of ether oxygens (including phenoxy) is 2. The van der Waals surface area contributed by atoms with Crippen LogP contribution in [0.15, 0.2) is 30.3 Å². The first-order valence-electron chi connectivity index (χ1n) is 13.9. The van der Waals surface area contributed by atoms with Crippen molar-refractivity contribution in [2.75, 3.05) is 31.6 Å². The fourth-order valence-corrected chi connectivity index (χ4v) is 5.49. The van der Waals surface area contributed by atoms with Gasteiger partial charge < -0.3 is 14.8 Å². The predicted molar refractivity (Wildman–Crippen MR) is 142 cm³/mol. The summed E-state index contributed by atoms with van der Waals surface area (Å²) in [4.78, 5) is 19.7. The second-order valence-corrected chi connectivity index (χ2v) is 11.2. The third-order valence-corrected chi connectivity index (χ3v) is 7.99. The number of nitrogens with one attached hydrogen (secondary N) is 1. The topological polar surface area (TPSA) is 63.7 Å². The first kappa shape index (κ1) is 26.3. The lowest BCUT2D eigenvalue weighted by Gasteiger charge is -2.28. The molecule has 1 aliphatic carbocycles. The Kier molecular flexibility index (Phi) is 8.22. The molecule has 6 nitrogen and oxygen atoms in total. The fourth-order valence-electron chi connectivity index (χ4n) is 5.49. The van der Waals surface area contributed by atoms with Gasteiger partial charge in [0, 0.05) is 31.9 Å². The van der Waals surface area contributed by atoms with E-state index in [1.165, 1.54) is 24.1 Å². The zero-order chi connectivity index (χ0) is 25.8. The highest BCUT2D eigenvalue weighted by Gasteiger charge is 2.39. The minimum atomic E-state index is -0.474. The molecular formula is C30H40FN3O3. The predicted octanol–water partition coefficient (Wildman–Crippen LogP) is 5.39. The van der Waals surface area contributed by atoms with Crippen molar-refractivity contribution in [2.45, 2.75) is 89.6 Å². The SMILES string of the molecule is CC(=O)[C@H](c1cc(F)ccc1COC1(C)CC1)N1CC[C@@H](OCCCCc2ccc3c(n2)NCCC3)C1. The second kappa shape index (κ2) is 11.6. The molecule has 0 spiro atoms. The number of pyridine rings is 1. The molecule has 2 fully saturated rings. The molecule has 0 bridgehead atoms. The number of aryl methyl sites for hydroxylation is 2. The number of Topliss-reactive ketones (excluding diaryl/α,β-unsaturated/α-hetero) is 1. The van der Waals surface area contributed by atoms with Gasteiger partial charge in [0.1, 0.15) is 11.6 Å². The molecule has 1 saturated carbocycles. The molecule has 2 atom stereocenters. The quantitative estimate of drug-likeness (QED) is 0.387. The van der Waals surface area contributed by atoms with E-state index in [0.717, 1.165) is 80.7 Å². The minimum absolute atomic E-state index is 0.0252. The third-order valence-electron chi connectivity index (χ3n) is 7.99. The molecule has 3 aliphatic rings. The van der Waals surface area contributed by atoms with Crippen molar-refractivity contribution < 1.29 is 18.7 Å². The molecule has 5 rings (SSSR count). The molecule has 2 aliphatic heterocycles. The van der Waals surface area contributed by atoms with Crippen molar-refractivity contribution in [2.24, 2.45) is 0 Å². The van der Waals surface area contributed by atoms with Crippen molar-refractivity contribution in [3.8, 4) is 0 Å². The van der Waals surface area contributed by atoms with Gasteiger partial charge in [-0.25, -0.2) is 9.37 Å². The van der Waals surface area contributed by atoms with E-state index >= 15 is 0 Å². The maximum Gasteiger partial charge on any atom is 0.151 e. The van der Waals surface area contributed by atoms with Gasteiger partial charge in [0.15, 0.2) is 5.78 Å². The summed E-state index contributed by atoms with van der Waals surface area (Å²) < 4.78 is 26.5. The number of anilines is 1. The normalized spacial score (nSPS) is 21.3. The summed E-state index contributed by atoms with van der Waals surface area (Å²) in [7, 11) is 0. The lowest BCUT2D eigenvalue weighted by atomic mass is 9.96. The van der Waals surface area contributed by atoms with Gasteiger partial charge in [-0.2, -0.15) is 0 Å². The van der Waals surface area contributed by atoms with Gasteiger partial charge in [-0.15, -0.1) is 0 Å². The lowest BCUT2D eigenvalue weighted by molar-refractivity contribution is -0.122. The number of nitrogens with zero attached hydrogens (tertiary/aromatic N) is 2. The molecule has 1 saturated heterocycles. The Labute approximate surface area is 219 Å². The number of hydrogen-bond acceptors (Lipinski definition) is 6. The van der Waals surface area contributed by atoms with Crippen molar-refractivity contribution in [3.63, 3.8) is 0 Å². The van der Waals surface area contributed by atoms with Crippen LogP contribution in [0, 0.1) is 5.82 Å². The van der Waals surface area contributed by atoms with E-state index in [9.17, 15) is 9.18 Å². The van der Waals surface area contributed by atoms with Crippen LogP contribution in [0.1, 0.15) is 80.8 Å². The standard InChI is InChI=1S/C30H40FN3O3/c1-21(35)28(27-18-24(31)10-8-23(27)20-37-30(2)13-14-30)34-16-12-26(19-34)36-17-4-3-7-25-11-9-22-6-5-15-32-29(22)33-25/h8-11,18,26,28H,3-7,12-17,19-20H2,1-2H3,(H,32,33)/t26-,28-/m1/s1. The van der Waals surface area contributed by atoms with Crippen LogP contribution in [0.25, 0.3) is 0 Å². The summed E-state index contributed by atoms with van der Waals surface area (Å²) in [5, 5.41) is 3.41. The number of rotatable bonds is 12. The number of likely N-dealkylation sites (tertiary alicyclic amines) is 1. The zero-order valence-electron chi connectivity index (χ0n) is 22.2. The molecule has 7 heteroatoms. The largest absolute Gasteiger partial charge is 0.377 e. The average Bonchev–Trinajstić information content (AvgIpc) is 3.45. The molecule has 2 aromatic rings. The maximum absolute atomic E-state index is 14.3. The van der Waals surface area contributed by atoms with Crippen LogP contribution in [0.5, 0.6) is 0 Å². The Hall–Kier alpha value is -2.35. The van der Waals surface area contributed by atoms with E-state index in [-0.39, 0.29) is 23.3 Å². The lowest BCUT2D eigenvalue weighted by Crippen LogP contribution is -2.33. The number of fused-ring (bicyclic) bond motifs is 1. The summed E-state index contributed by atoms with van der Waals surface area (Å²) in [5.74, 6) is 0.761. The molecule has 3 heterocycles. The van der Waals surface area contributed by atoms with Gasteiger partial charge in [0.25, 0.3) is 0 Å². The molecule has 0 amide bonds. The van der Waals surface area contributed by atoms with Crippen LogP contribution < -0.4 is 5.32 Å². The third kappa shape index (κ3) is 6.75. The van der Waals surface area contributed by atoms with Gasteiger partial charge in [-0.3, -0.25) is 9.69 Å². The Morgan fingerprint density at radius 1 is 1.27 bits per heavy atom. The van der Waals surface area contributed by atoms with Gasteiger partial charge in [0.05, 0.1) is 24.4 Å². The number of aromatic nitrogens is 1. The summed E-state index contributed by atoms with van der Waals surface area (Å²) in [6, 6.07) is 8.63. The van der Waals surface area contributed by atoms with E-state index in [2.05, 4.69) is 29.3 Å². The number of halogens is 1. The van der Waals surface area contributed by atoms with Gasteiger partial charge in [-0.1, -0.05) is 12.1 Å². The highest BCUT2D eigenvalue weighted by Crippen LogP contribution is 2.40. The van der Waals surface area contributed by atoms with Crippen LogP contribution in [-0.4, -0.2) is 53.6 Å². The number of carbonyl (C=O) groups excluding carboxylic acids is 1. The summed E-state index contributed by atoms with van der Waals surface area (Å²) in [6.45, 7) is 7.24. The zero-order valence-corrected chi connectivity index (χ0v) is 22.2. The summed E-state index contributed by atoms with van der Waals surface area (Å²) in [5.41, 5.74) is 4.00. The van der Waals surface area contributed by atoms with Crippen LogP contribution in [0.2, 0.25) is 0 Å². The number of hydrogen-bond donors (Lipinski definition) is 1. The van der Waals surface area contributed by atoms with E-state index in [4.69, 9.17) is 14.5 Å². The fraction of sp³-hybridized carbons (Fsp3) is 0.600. The molecule has 200 valence electrons. The molecular weight excluding hydrogens is 469 g/mol. The van der Waals surface area contributed by atoms with E-state index in [0.29, 0.717) is 19.8 Å². The molecule has 0 radical (unpaired) electrons.